The Kier molecular flexibility index (Phi) is 3.74. The average molecular weight is 281 g/mol. The number of anilines is 2. The maximum absolute atomic E-state index is 11.9. The zero-order valence-corrected chi connectivity index (χ0v) is 10.2. The van der Waals surface area contributed by atoms with E-state index in [0.717, 1.165) is 0 Å². The van der Waals surface area contributed by atoms with Gasteiger partial charge in [0.25, 0.3) is 11.5 Å². The molecule has 0 aliphatic rings. The molecule has 0 bridgehead atoms. The van der Waals surface area contributed by atoms with Crippen LogP contribution in [0.2, 0.25) is 5.02 Å². The van der Waals surface area contributed by atoms with Gasteiger partial charge in [0.05, 0.1) is 10.6 Å². The third-order valence-corrected chi connectivity index (χ3v) is 2.45. The van der Waals surface area contributed by atoms with Gasteiger partial charge in [-0.25, -0.2) is 15.9 Å². The molecule has 9 heteroatoms. The van der Waals surface area contributed by atoms with Gasteiger partial charge in [0.15, 0.2) is 11.6 Å². The van der Waals surface area contributed by atoms with Crippen LogP contribution in [0, 0.1) is 0 Å². The van der Waals surface area contributed by atoms with Crippen molar-refractivity contribution in [3.63, 3.8) is 0 Å². The fraction of sp³-hybridized carbons (Fsp3) is 0. The zero-order chi connectivity index (χ0) is 13.8. The molecule has 1 amide bonds. The third kappa shape index (κ3) is 3.06. The second-order valence-electron chi connectivity index (χ2n) is 3.46. The predicted molar refractivity (Wildman–Crippen MR) is 69.9 cm³/mol. The predicted octanol–water partition coefficient (Wildman–Crippen LogP) is 0.356. The number of carbonyl (C=O) groups is 1. The SMILES string of the molecule is NNc1ncc(C(=O)Nc2ccc(=O)[nH]n2)cc1Cl. The Labute approximate surface area is 112 Å². The summed E-state index contributed by atoms with van der Waals surface area (Å²) in [5, 5.41) is 8.53. The second-order valence-corrected chi connectivity index (χ2v) is 3.87. The molecule has 0 saturated heterocycles. The number of rotatable bonds is 3. The Morgan fingerprint density at radius 1 is 1.42 bits per heavy atom. The van der Waals surface area contributed by atoms with Gasteiger partial charge in [-0.1, -0.05) is 11.6 Å². The van der Waals surface area contributed by atoms with Crippen LogP contribution >= 0.6 is 11.6 Å². The van der Waals surface area contributed by atoms with E-state index in [4.69, 9.17) is 17.4 Å². The van der Waals surface area contributed by atoms with Crippen molar-refractivity contribution in [3.8, 4) is 0 Å². The van der Waals surface area contributed by atoms with Crippen molar-refractivity contribution in [3.05, 3.63) is 45.3 Å². The average Bonchev–Trinajstić information content (AvgIpc) is 2.41. The van der Waals surface area contributed by atoms with Crippen LogP contribution in [0.5, 0.6) is 0 Å². The summed E-state index contributed by atoms with van der Waals surface area (Å²) in [6.07, 6.45) is 1.31. The lowest BCUT2D eigenvalue weighted by Gasteiger charge is -2.06. The summed E-state index contributed by atoms with van der Waals surface area (Å²) in [4.78, 5) is 26.5. The smallest absolute Gasteiger partial charge is 0.264 e. The normalized spacial score (nSPS) is 10.0. The third-order valence-electron chi connectivity index (χ3n) is 2.16. The molecule has 0 radical (unpaired) electrons. The van der Waals surface area contributed by atoms with Crippen LogP contribution in [0.25, 0.3) is 0 Å². The highest BCUT2D eigenvalue weighted by Crippen LogP contribution is 2.19. The number of carbonyl (C=O) groups excluding carboxylic acids is 1. The van der Waals surface area contributed by atoms with E-state index in [1.807, 2.05) is 0 Å². The van der Waals surface area contributed by atoms with Crippen molar-refractivity contribution in [2.24, 2.45) is 5.84 Å². The summed E-state index contributed by atoms with van der Waals surface area (Å²) in [5.74, 6) is 5.19. The number of nitrogens with two attached hydrogens (primary N) is 1. The first-order chi connectivity index (χ1) is 9.10. The Bertz CT molecular complexity index is 651. The lowest BCUT2D eigenvalue weighted by molar-refractivity contribution is 0.102. The summed E-state index contributed by atoms with van der Waals surface area (Å²) >= 11 is 5.85. The molecule has 0 unspecified atom stereocenters. The van der Waals surface area contributed by atoms with Crippen molar-refractivity contribution in [1.82, 2.24) is 15.2 Å². The standard InChI is InChI=1S/C10H9ClN6O2/c11-6-3-5(4-13-9(6)15-12)10(19)14-7-1-2-8(18)17-16-7/h1-4H,12H2,(H,13,15)(H,17,18)(H,14,16,19). The molecule has 0 spiro atoms. The number of halogens is 1. The lowest BCUT2D eigenvalue weighted by Crippen LogP contribution is -2.16. The first-order valence-corrected chi connectivity index (χ1v) is 5.47. The summed E-state index contributed by atoms with van der Waals surface area (Å²) in [5.41, 5.74) is 2.16. The van der Waals surface area contributed by atoms with Gasteiger partial charge in [0.1, 0.15) is 0 Å². The van der Waals surface area contributed by atoms with E-state index in [1.165, 1.54) is 24.4 Å². The fourth-order valence-corrected chi connectivity index (χ4v) is 1.49. The molecule has 2 aromatic heterocycles. The topological polar surface area (TPSA) is 126 Å². The second kappa shape index (κ2) is 5.46. The van der Waals surface area contributed by atoms with E-state index in [1.54, 1.807) is 0 Å². The highest BCUT2D eigenvalue weighted by molar-refractivity contribution is 6.33. The number of pyridine rings is 1. The van der Waals surface area contributed by atoms with Gasteiger partial charge < -0.3 is 10.7 Å². The number of hydrogen-bond donors (Lipinski definition) is 4. The minimum Gasteiger partial charge on any atom is -0.307 e. The van der Waals surface area contributed by atoms with Gasteiger partial charge in [-0.3, -0.25) is 9.59 Å². The van der Waals surface area contributed by atoms with Crippen LogP contribution in [0.4, 0.5) is 11.6 Å². The molecule has 0 aromatic carbocycles. The molecular weight excluding hydrogens is 272 g/mol. The number of hydrogen-bond acceptors (Lipinski definition) is 6. The minimum absolute atomic E-state index is 0.210. The van der Waals surface area contributed by atoms with Gasteiger partial charge in [0.2, 0.25) is 0 Å². The summed E-state index contributed by atoms with van der Waals surface area (Å²) in [6.45, 7) is 0. The molecule has 0 atom stereocenters. The molecule has 0 aliphatic heterocycles. The molecule has 98 valence electrons. The number of amides is 1. The summed E-state index contributed by atoms with van der Waals surface area (Å²) in [7, 11) is 0. The summed E-state index contributed by atoms with van der Waals surface area (Å²) in [6, 6.07) is 4.03. The Hall–Kier alpha value is -2.45. The van der Waals surface area contributed by atoms with Gasteiger partial charge >= 0.3 is 0 Å². The lowest BCUT2D eigenvalue weighted by atomic mass is 10.2. The van der Waals surface area contributed by atoms with Crippen LogP contribution in [0.15, 0.2) is 29.2 Å². The van der Waals surface area contributed by atoms with E-state index in [2.05, 4.69) is 25.9 Å². The number of nitrogens with one attached hydrogen (secondary N) is 3. The molecule has 0 saturated carbocycles. The van der Waals surface area contributed by atoms with E-state index in [-0.39, 0.29) is 27.8 Å². The number of aromatic amines is 1. The van der Waals surface area contributed by atoms with Crippen molar-refractivity contribution in [1.29, 1.82) is 0 Å². The summed E-state index contributed by atoms with van der Waals surface area (Å²) < 4.78 is 0. The number of H-pyrrole nitrogens is 1. The Morgan fingerprint density at radius 2 is 2.21 bits per heavy atom. The first-order valence-electron chi connectivity index (χ1n) is 5.09. The molecule has 2 rings (SSSR count). The molecular formula is C10H9ClN6O2. The van der Waals surface area contributed by atoms with Crippen molar-refractivity contribution in [2.45, 2.75) is 0 Å². The highest BCUT2D eigenvalue weighted by atomic mass is 35.5. The van der Waals surface area contributed by atoms with E-state index < -0.39 is 5.91 Å². The molecule has 0 fully saturated rings. The Balaban J connectivity index is 2.18. The molecule has 0 aliphatic carbocycles. The van der Waals surface area contributed by atoms with Crippen LogP contribution in [-0.2, 0) is 0 Å². The molecule has 8 nitrogen and oxygen atoms in total. The quantitative estimate of drug-likeness (QED) is 0.475. The van der Waals surface area contributed by atoms with E-state index in [9.17, 15) is 9.59 Å². The van der Waals surface area contributed by atoms with Crippen LogP contribution in [0.1, 0.15) is 10.4 Å². The van der Waals surface area contributed by atoms with Crippen molar-refractivity contribution >= 4 is 29.1 Å². The van der Waals surface area contributed by atoms with Gasteiger partial charge in [-0.15, -0.1) is 0 Å². The maximum Gasteiger partial charge on any atom is 0.264 e. The zero-order valence-electron chi connectivity index (χ0n) is 9.48. The number of aromatic nitrogens is 3. The Morgan fingerprint density at radius 3 is 2.79 bits per heavy atom. The number of nitrogen functional groups attached to an aromatic ring is 1. The van der Waals surface area contributed by atoms with Crippen LogP contribution in [-0.4, -0.2) is 21.1 Å². The molecule has 19 heavy (non-hydrogen) atoms. The molecule has 2 aromatic rings. The van der Waals surface area contributed by atoms with E-state index >= 15 is 0 Å². The fourth-order valence-electron chi connectivity index (χ4n) is 1.27. The first kappa shape index (κ1) is 13.0. The van der Waals surface area contributed by atoms with Crippen molar-refractivity contribution in [2.75, 3.05) is 10.7 Å². The van der Waals surface area contributed by atoms with Crippen molar-refractivity contribution < 1.29 is 4.79 Å². The number of nitrogens with zero attached hydrogens (tertiary/aromatic N) is 2. The molecule has 2 heterocycles. The largest absolute Gasteiger partial charge is 0.307 e. The monoisotopic (exact) mass is 280 g/mol. The van der Waals surface area contributed by atoms with Crippen LogP contribution < -0.4 is 22.1 Å². The van der Waals surface area contributed by atoms with Gasteiger partial charge in [-0.05, 0) is 12.1 Å². The minimum atomic E-state index is -0.461. The van der Waals surface area contributed by atoms with Gasteiger partial charge in [-0.2, -0.15) is 5.10 Å². The molecule has 5 N–H and O–H groups in total. The number of hydrazine groups is 1. The van der Waals surface area contributed by atoms with Gasteiger partial charge in [0, 0.05) is 12.3 Å². The maximum atomic E-state index is 11.9. The van der Waals surface area contributed by atoms with E-state index in [0.29, 0.717) is 0 Å². The van der Waals surface area contributed by atoms with Crippen LogP contribution in [0.3, 0.4) is 0 Å². The highest BCUT2D eigenvalue weighted by Gasteiger charge is 2.10.